The molecule has 0 N–H and O–H groups in total. The van der Waals surface area contributed by atoms with E-state index in [0.29, 0.717) is 25.5 Å². The molecular formula is C18H22NO2P. The van der Waals surface area contributed by atoms with Crippen molar-refractivity contribution in [2.45, 2.75) is 12.3 Å². The predicted molar refractivity (Wildman–Crippen MR) is 90.3 cm³/mol. The smallest absolute Gasteiger partial charge is 0.158 e. The fraction of sp³-hybridized carbons (Fsp3) is 0.333. The maximum Gasteiger partial charge on any atom is 0.158 e. The van der Waals surface area contributed by atoms with Crippen molar-refractivity contribution in [1.82, 2.24) is 4.67 Å². The molecule has 2 aromatic rings. The Kier molecular flexibility index (Phi) is 5.09. The summed E-state index contributed by atoms with van der Waals surface area (Å²) in [5.74, 6) is 0. The van der Waals surface area contributed by atoms with Crippen LogP contribution in [0.25, 0.3) is 0 Å². The van der Waals surface area contributed by atoms with Crippen LogP contribution in [0.5, 0.6) is 0 Å². The normalized spacial score (nSPS) is 16.5. The Morgan fingerprint density at radius 1 is 0.818 bits per heavy atom. The Labute approximate surface area is 132 Å². The third-order valence-corrected chi connectivity index (χ3v) is 7.20. The van der Waals surface area contributed by atoms with Crippen LogP contribution >= 0.6 is 7.29 Å². The second kappa shape index (κ2) is 7.23. The van der Waals surface area contributed by atoms with E-state index < -0.39 is 7.29 Å². The van der Waals surface area contributed by atoms with Crippen molar-refractivity contribution < 1.29 is 9.30 Å². The quantitative estimate of drug-likeness (QED) is 0.781. The SMILES string of the molecule is O=P(Cc1ccccc1)(Cc1ccccc1)N1CCOCC1. The van der Waals surface area contributed by atoms with Crippen molar-refractivity contribution in [3.63, 3.8) is 0 Å². The molecule has 116 valence electrons. The fourth-order valence-corrected chi connectivity index (χ4v) is 5.88. The molecule has 1 fully saturated rings. The van der Waals surface area contributed by atoms with Crippen LogP contribution < -0.4 is 0 Å². The highest BCUT2D eigenvalue weighted by atomic mass is 31.2. The van der Waals surface area contributed by atoms with Crippen LogP contribution in [0.2, 0.25) is 0 Å². The van der Waals surface area contributed by atoms with E-state index in [2.05, 4.69) is 28.9 Å². The highest BCUT2D eigenvalue weighted by Crippen LogP contribution is 2.55. The molecule has 0 amide bonds. The largest absolute Gasteiger partial charge is 0.379 e. The molecule has 0 saturated carbocycles. The number of hydrogen-bond donors (Lipinski definition) is 0. The molecular weight excluding hydrogens is 293 g/mol. The van der Waals surface area contributed by atoms with E-state index in [1.54, 1.807) is 0 Å². The lowest BCUT2D eigenvalue weighted by Crippen LogP contribution is -2.34. The van der Waals surface area contributed by atoms with Crippen LogP contribution in [0.4, 0.5) is 0 Å². The van der Waals surface area contributed by atoms with Crippen LogP contribution in [0, 0.1) is 0 Å². The molecule has 0 spiro atoms. The van der Waals surface area contributed by atoms with E-state index >= 15 is 0 Å². The first-order chi connectivity index (χ1) is 10.8. The highest BCUT2D eigenvalue weighted by Gasteiger charge is 2.32. The van der Waals surface area contributed by atoms with Crippen LogP contribution in [-0.2, 0) is 21.6 Å². The van der Waals surface area contributed by atoms with Gasteiger partial charge in [-0.3, -0.25) is 0 Å². The van der Waals surface area contributed by atoms with Crippen molar-refractivity contribution in [3.8, 4) is 0 Å². The third-order valence-electron chi connectivity index (χ3n) is 4.05. The molecule has 0 radical (unpaired) electrons. The summed E-state index contributed by atoms with van der Waals surface area (Å²) >= 11 is 0. The minimum atomic E-state index is -2.49. The van der Waals surface area contributed by atoms with Gasteiger partial charge in [-0.15, -0.1) is 0 Å². The first-order valence-electron chi connectivity index (χ1n) is 7.75. The van der Waals surface area contributed by atoms with E-state index in [-0.39, 0.29) is 0 Å². The molecule has 0 atom stereocenters. The van der Waals surface area contributed by atoms with E-state index in [9.17, 15) is 4.57 Å². The minimum absolute atomic E-state index is 0.628. The number of ether oxygens (including phenoxy) is 1. The summed E-state index contributed by atoms with van der Waals surface area (Å²) in [6.45, 7) is 2.87. The van der Waals surface area contributed by atoms with Gasteiger partial charge < -0.3 is 9.30 Å². The van der Waals surface area contributed by atoms with Gasteiger partial charge in [0.1, 0.15) is 0 Å². The van der Waals surface area contributed by atoms with Crippen molar-refractivity contribution in [1.29, 1.82) is 0 Å². The number of rotatable bonds is 5. The molecule has 4 heteroatoms. The Bertz CT molecular complexity index is 579. The van der Waals surface area contributed by atoms with E-state index in [4.69, 9.17) is 4.74 Å². The van der Waals surface area contributed by atoms with Crippen molar-refractivity contribution >= 4 is 7.29 Å². The zero-order valence-corrected chi connectivity index (χ0v) is 13.6. The molecule has 2 aromatic carbocycles. The molecule has 0 unspecified atom stereocenters. The highest BCUT2D eigenvalue weighted by molar-refractivity contribution is 7.59. The molecule has 1 aliphatic heterocycles. The average Bonchev–Trinajstić information content (AvgIpc) is 2.57. The van der Waals surface area contributed by atoms with Gasteiger partial charge in [0.15, 0.2) is 7.29 Å². The summed E-state index contributed by atoms with van der Waals surface area (Å²) in [5, 5.41) is 0. The zero-order valence-electron chi connectivity index (χ0n) is 12.7. The Balaban J connectivity index is 1.85. The van der Waals surface area contributed by atoms with Crippen molar-refractivity contribution in [2.75, 3.05) is 26.3 Å². The van der Waals surface area contributed by atoms with Gasteiger partial charge in [0.25, 0.3) is 0 Å². The molecule has 3 nitrogen and oxygen atoms in total. The lowest BCUT2D eigenvalue weighted by atomic mass is 10.2. The fourth-order valence-electron chi connectivity index (χ4n) is 2.91. The Morgan fingerprint density at radius 3 is 1.73 bits per heavy atom. The van der Waals surface area contributed by atoms with Gasteiger partial charge in [0, 0.05) is 25.4 Å². The first kappa shape index (κ1) is 15.5. The lowest BCUT2D eigenvalue weighted by Gasteiger charge is -2.34. The predicted octanol–water partition coefficient (Wildman–Crippen LogP) is 4.00. The molecule has 1 saturated heterocycles. The number of benzene rings is 2. The summed E-state index contributed by atoms with van der Waals surface area (Å²) < 4.78 is 21.4. The summed E-state index contributed by atoms with van der Waals surface area (Å²) in [6.07, 6.45) is 1.26. The van der Waals surface area contributed by atoms with Crippen molar-refractivity contribution in [3.05, 3.63) is 71.8 Å². The third kappa shape index (κ3) is 3.86. The molecule has 0 aliphatic carbocycles. The Morgan fingerprint density at radius 2 is 1.27 bits per heavy atom. The van der Waals surface area contributed by atoms with Crippen molar-refractivity contribution in [2.24, 2.45) is 0 Å². The van der Waals surface area contributed by atoms with Crippen LogP contribution in [0.3, 0.4) is 0 Å². The first-order valence-corrected chi connectivity index (χ1v) is 9.78. The standard InChI is InChI=1S/C18H22NO2P/c20-22(19-11-13-21-14-12-19,15-17-7-3-1-4-8-17)16-18-9-5-2-6-10-18/h1-10H,11-16H2. The number of nitrogens with zero attached hydrogens (tertiary/aromatic N) is 1. The lowest BCUT2D eigenvalue weighted by molar-refractivity contribution is 0.0717. The van der Waals surface area contributed by atoms with E-state index in [0.717, 1.165) is 24.2 Å². The van der Waals surface area contributed by atoms with Crippen LogP contribution in [0.1, 0.15) is 11.1 Å². The minimum Gasteiger partial charge on any atom is -0.379 e. The van der Waals surface area contributed by atoms with Crippen LogP contribution in [-0.4, -0.2) is 31.0 Å². The summed E-state index contributed by atoms with van der Waals surface area (Å²) in [6, 6.07) is 20.3. The van der Waals surface area contributed by atoms with Gasteiger partial charge in [0.2, 0.25) is 0 Å². The molecule has 22 heavy (non-hydrogen) atoms. The monoisotopic (exact) mass is 315 g/mol. The van der Waals surface area contributed by atoms with Gasteiger partial charge in [-0.25, -0.2) is 4.67 Å². The summed E-state index contributed by atoms with van der Waals surface area (Å²) in [5.41, 5.74) is 2.29. The molecule has 1 aliphatic rings. The van der Waals surface area contributed by atoms with Gasteiger partial charge in [0.05, 0.1) is 13.2 Å². The molecule has 0 aromatic heterocycles. The molecule has 0 bridgehead atoms. The summed E-state index contributed by atoms with van der Waals surface area (Å²) in [7, 11) is -2.49. The van der Waals surface area contributed by atoms with Gasteiger partial charge in [-0.05, 0) is 11.1 Å². The second-order valence-electron chi connectivity index (χ2n) is 5.70. The summed E-state index contributed by atoms with van der Waals surface area (Å²) in [4.78, 5) is 0. The number of morpholine rings is 1. The van der Waals surface area contributed by atoms with E-state index in [1.807, 2.05) is 36.4 Å². The maximum atomic E-state index is 13.8. The van der Waals surface area contributed by atoms with Gasteiger partial charge >= 0.3 is 0 Å². The molecule has 1 heterocycles. The van der Waals surface area contributed by atoms with E-state index in [1.165, 1.54) is 0 Å². The van der Waals surface area contributed by atoms with Gasteiger partial charge in [-0.1, -0.05) is 60.7 Å². The molecule has 3 rings (SSSR count). The van der Waals surface area contributed by atoms with Crippen LogP contribution in [0.15, 0.2) is 60.7 Å². The topological polar surface area (TPSA) is 29.5 Å². The van der Waals surface area contributed by atoms with Gasteiger partial charge in [-0.2, -0.15) is 0 Å². The average molecular weight is 315 g/mol. The maximum absolute atomic E-state index is 13.8. The number of hydrogen-bond acceptors (Lipinski definition) is 2. The zero-order chi connectivity index (χ0) is 15.3. The second-order valence-corrected chi connectivity index (χ2v) is 8.59. The Hall–Kier alpha value is -1.41.